The summed E-state index contributed by atoms with van der Waals surface area (Å²) in [4.78, 5) is 25.6. The molecule has 5 nitrogen and oxygen atoms in total. The maximum Gasteiger partial charge on any atom is 0.335 e. The van der Waals surface area contributed by atoms with Crippen LogP contribution in [0.2, 0.25) is 0 Å². The van der Waals surface area contributed by atoms with Crippen LogP contribution in [0.25, 0.3) is 11.0 Å². The van der Waals surface area contributed by atoms with Crippen LogP contribution >= 0.6 is 11.8 Å². The number of carbonyl (C=O) groups is 1. The summed E-state index contributed by atoms with van der Waals surface area (Å²) in [6.07, 6.45) is 2.90. The van der Waals surface area contributed by atoms with Gasteiger partial charge in [0.25, 0.3) is 0 Å². The van der Waals surface area contributed by atoms with Gasteiger partial charge in [0.1, 0.15) is 0 Å². The summed E-state index contributed by atoms with van der Waals surface area (Å²) >= 11 is 1.75. The summed E-state index contributed by atoms with van der Waals surface area (Å²) in [5.41, 5.74) is 1.33. The minimum absolute atomic E-state index is 0.189. The van der Waals surface area contributed by atoms with Gasteiger partial charge in [0.15, 0.2) is 0 Å². The van der Waals surface area contributed by atoms with Gasteiger partial charge in [0.2, 0.25) is 0 Å². The SMILES string of the molecule is CSC(C)CCn1c(=O)[nH]c2ccc(C(=O)O)cc21. The van der Waals surface area contributed by atoms with Crippen LogP contribution in [0.15, 0.2) is 23.0 Å². The molecule has 0 fully saturated rings. The fourth-order valence-corrected chi connectivity index (χ4v) is 2.28. The Morgan fingerprint density at radius 1 is 1.53 bits per heavy atom. The molecule has 0 aliphatic heterocycles. The number of thioether (sulfide) groups is 1. The van der Waals surface area contributed by atoms with Gasteiger partial charge < -0.3 is 10.1 Å². The Balaban J connectivity index is 2.41. The first-order valence-electron chi connectivity index (χ1n) is 6.01. The maximum absolute atomic E-state index is 11.9. The van der Waals surface area contributed by atoms with E-state index in [1.807, 2.05) is 6.26 Å². The number of rotatable bonds is 5. The molecule has 0 saturated carbocycles. The average molecular weight is 280 g/mol. The van der Waals surface area contributed by atoms with Crippen molar-refractivity contribution < 1.29 is 9.90 Å². The van der Waals surface area contributed by atoms with Crippen molar-refractivity contribution >= 4 is 28.8 Å². The van der Waals surface area contributed by atoms with Crippen LogP contribution < -0.4 is 5.69 Å². The fraction of sp³-hybridized carbons (Fsp3) is 0.385. The van der Waals surface area contributed by atoms with E-state index in [1.165, 1.54) is 6.07 Å². The predicted octanol–water partition coefficient (Wildman–Crippen LogP) is 2.17. The Labute approximate surface area is 114 Å². The third kappa shape index (κ3) is 2.84. The van der Waals surface area contributed by atoms with Gasteiger partial charge in [-0.25, -0.2) is 9.59 Å². The molecule has 2 rings (SSSR count). The second-order valence-corrected chi connectivity index (χ2v) is 5.73. The summed E-state index contributed by atoms with van der Waals surface area (Å²) in [6, 6.07) is 4.67. The number of nitrogens with one attached hydrogen (secondary N) is 1. The predicted molar refractivity (Wildman–Crippen MR) is 77.1 cm³/mol. The second-order valence-electron chi connectivity index (χ2n) is 4.45. The Morgan fingerprint density at radius 3 is 2.89 bits per heavy atom. The highest BCUT2D eigenvalue weighted by Gasteiger charge is 2.11. The van der Waals surface area contributed by atoms with Crippen molar-refractivity contribution in [2.45, 2.75) is 25.1 Å². The first-order chi connectivity index (χ1) is 9.02. The molecule has 0 aliphatic carbocycles. The van der Waals surface area contributed by atoms with E-state index in [1.54, 1.807) is 28.5 Å². The van der Waals surface area contributed by atoms with Crippen molar-refractivity contribution in [1.82, 2.24) is 9.55 Å². The van der Waals surface area contributed by atoms with E-state index in [0.717, 1.165) is 6.42 Å². The lowest BCUT2D eigenvalue weighted by Gasteiger charge is -2.08. The number of aromatic amines is 1. The molecule has 0 spiro atoms. The first kappa shape index (κ1) is 13.7. The van der Waals surface area contributed by atoms with Crippen LogP contribution in [-0.4, -0.2) is 32.1 Å². The van der Waals surface area contributed by atoms with E-state index in [0.29, 0.717) is 22.8 Å². The number of imidazole rings is 1. The zero-order valence-corrected chi connectivity index (χ0v) is 11.7. The molecule has 19 heavy (non-hydrogen) atoms. The molecule has 2 N–H and O–H groups in total. The number of benzene rings is 1. The Bertz CT molecular complexity index is 659. The van der Waals surface area contributed by atoms with Crippen LogP contribution in [0.5, 0.6) is 0 Å². The molecule has 6 heteroatoms. The number of hydrogen-bond donors (Lipinski definition) is 2. The van der Waals surface area contributed by atoms with E-state index in [9.17, 15) is 9.59 Å². The Kier molecular flexibility index (Phi) is 3.99. The fourth-order valence-electron chi connectivity index (χ4n) is 1.94. The van der Waals surface area contributed by atoms with E-state index < -0.39 is 5.97 Å². The number of aromatic nitrogens is 2. The normalized spacial score (nSPS) is 12.7. The molecule has 0 amide bonds. The van der Waals surface area contributed by atoms with Gasteiger partial charge in [0, 0.05) is 11.8 Å². The molecular weight excluding hydrogens is 264 g/mol. The van der Waals surface area contributed by atoms with Crippen LogP contribution in [-0.2, 0) is 6.54 Å². The number of hydrogen-bond acceptors (Lipinski definition) is 3. The third-order valence-electron chi connectivity index (χ3n) is 3.18. The molecular formula is C13H16N2O3S. The van der Waals surface area contributed by atoms with E-state index in [2.05, 4.69) is 11.9 Å². The van der Waals surface area contributed by atoms with Gasteiger partial charge in [-0.3, -0.25) is 4.57 Å². The first-order valence-corrected chi connectivity index (χ1v) is 7.30. The second kappa shape index (κ2) is 5.52. The highest BCUT2D eigenvalue weighted by molar-refractivity contribution is 7.99. The number of aromatic carboxylic acids is 1. The average Bonchev–Trinajstić information content (AvgIpc) is 2.70. The van der Waals surface area contributed by atoms with E-state index >= 15 is 0 Å². The van der Waals surface area contributed by atoms with Gasteiger partial charge in [-0.1, -0.05) is 6.92 Å². The molecule has 0 saturated heterocycles. The van der Waals surface area contributed by atoms with Gasteiger partial charge in [-0.2, -0.15) is 11.8 Å². The van der Waals surface area contributed by atoms with Gasteiger partial charge >= 0.3 is 11.7 Å². The van der Waals surface area contributed by atoms with Crippen molar-refractivity contribution in [3.05, 3.63) is 34.2 Å². The lowest BCUT2D eigenvalue weighted by molar-refractivity contribution is 0.0697. The molecule has 0 bridgehead atoms. The summed E-state index contributed by atoms with van der Waals surface area (Å²) in [7, 11) is 0. The zero-order chi connectivity index (χ0) is 14.0. The standard InChI is InChI=1S/C13H16N2O3S/c1-8(19-2)5-6-15-11-7-9(12(16)17)3-4-10(11)14-13(15)18/h3-4,7-8H,5-6H2,1-2H3,(H,14,18)(H,16,17). The molecule has 1 heterocycles. The molecule has 1 aromatic heterocycles. The molecule has 0 aliphatic rings. The number of H-pyrrole nitrogens is 1. The molecule has 2 aromatic rings. The van der Waals surface area contributed by atoms with Crippen LogP contribution in [0.4, 0.5) is 0 Å². The number of aryl methyl sites for hydroxylation is 1. The summed E-state index contributed by atoms with van der Waals surface area (Å²) in [6.45, 7) is 2.69. The smallest absolute Gasteiger partial charge is 0.335 e. The van der Waals surface area contributed by atoms with Gasteiger partial charge in [-0.05, 0) is 30.9 Å². The van der Waals surface area contributed by atoms with Crippen LogP contribution in [0, 0.1) is 0 Å². The summed E-state index contributed by atoms with van der Waals surface area (Å²) in [5, 5.41) is 9.46. The minimum Gasteiger partial charge on any atom is -0.478 e. The monoisotopic (exact) mass is 280 g/mol. The van der Waals surface area contributed by atoms with Crippen molar-refractivity contribution in [2.75, 3.05) is 6.26 Å². The highest BCUT2D eigenvalue weighted by atomic mass is 32.2. The molecule has 1 atom stereocenters. The molecule has 1 unspecified atom stereocenters. The number of carboxylic acids is 1. The number of fused-ring (bicyclic) bond motifs is 1. The Morgan fingerprint density at radius 2 is 2.26 bits per heavy atom. The molecule has 102 valence electrons. The van der Waals surface area contributed by atoms with Crippen molar-refractivity contribution in [2.24, 2.45) is 0 Å². The summed E-state index contributed by atoms with van der Waals surface area (Å²) in [5.74, 6) is -0.986. The third-order valence-corrected chi connectivity index (χ3v) is 4.22. The van der Waals surface area contributed by atoms with Crippen molar-refractivity contribution in [3.8, 4) is 0 Å². The van der Waals surface area contributed by atoms with E-state index in [-0.39, 0.29) is 11.3 Å². The summed E-state index contributed by atoms with van der Waals surface area (Å²) < 4.78 is 1.61. The van der Waals surface area contributed by atoms with Gasteiger partial charge in [-0.15, -0.1) is 0 Å². The van der Waals surface area contributed by atoms with Gasteiger partial charge in [0.05, 0.1) is 16.6 Å². The zero-order valence-electron chi connectivity index (χ0n) is 10.8. The lowest BCUT2D eigenvalue weighted by atomic mass is 10.2. The maximum atomic E-state index is 11.9. The quantitative estimate of drug-likeness (QED) is 0.880. The Hall–Kier alpha value is -1.69. The van der Waals surface area contributed by atoms with Crippen molar-refractivity contribution in [1.29, 1.82) is 0 Å². The largest absolute Gasteiger partial charge is 0.478 e. The minimum atomic E-state index is -0.986. The van der Waals surface area contributed by atoms with E-state index in [4.69, 9.17) is 5.11 Å². The highest BCUT2D eigenvalue weighted by Crippen LogP contribution is 2.16. The number of carboxylic acid groups (broad SMARTS) is 1. The number of nitrogens with zero attached hydrogens (tertiary/aromatic N) is 1. The van der Waals surface area contributed by atoms with Crippen molar-refractivity contribution in [3.63, 3.8) is 0 Å². The molecule has 0 radical (unpaired) electrons. The molecule has 1 aromatic carbocycles. The van der Waals surface area contributed by atoms with Crippen LogP contribution in [0.3, 0.4) is 0 Å². The van der Waals surface area contributed by atoms with Crippen LogP contribution in [0.1, 0.15) is 23.7 Å². The topological polar surface area (TPSA) is 75.1 Å². The lowest BCUT2D eigenvalue weighted by Crippen LogP contribution is -2.18.